The molecule has 0 radical (unpaired) electrons. The van der Waals surface area contributed by atoms with Gasteiger partial charge in [0.1, 0.15) is 0 Å². The van der Waals surface area contributed by atoms with Gasteiger partial charge >= 0.3 is 0 Å². The molecule has 22 heavy (non-hydrogen) atoms. The largest absolute Gasteiger partial charge is 0.298 e. The summed E-state index contributed by atoms with van der Waals surface area (Å²) in [6, 6.07) is 7.33. The maximum Gasteiger partial charge on any atom is 0.257 e. The van der Waals surface area contributed by atoms with Gasteiger partial charge in [-0.25, -0.2) is 4.98 Å². The minimum absolute atomic E-state index is 0.107. The number of amides is 1. The quantitative estimate of drug-likeness (QED) is 0.875. The molecule has 1 aliphatic heterocycles. The number of fused-ring (bicyclic) bond motifs is 1. The molecule has 3 rings (SSSR count). The molecule has 1 aromatic carbocycles. The first-order valence-corrected chi connectivity index (χ1v) is 9.04. The second-order valence-corrected chi connectivity index (χ2v) is 7.38. The van der Waals surface area contributed by atoms with Crippen LogP contribution >= 0.6 is 27.3 Å². The molecule has 2 aromatic rings. The molecule has 0 saturated carbocycles. The summed E-state index contributed by atoms with van der Waals surface area (Å²) >= 11 is 4.97. The highest BCUT2D eigenvalue weighted by Crippen LogP contribution is 2.28. The molecule has 0 spiro atoms. The highest BCUT2D eigenvalue weighted by molar-refractivity contribution is 9.10. The van der Waals surface area contributed by atoms with Gasteiger partial charge in [0, 0.05) is 34.4 Å². The lowest BCUT2D eigenvalue weighted by Crippen LogP contribution is -2.30. The van der Waals surface area contributed by atoms with Crippen molar-refractivity contribution in [3.63, 3.8) is 0 Å². The van der Waals surface area contributed by atoms with E-state index in [-0.39, 0.29) is 5.91 Å². The molecular formula is C16H18BrN3OS. The van der Waals surface area contributed by atoms with E-state index < -0.39 is 0 Å². The zero-order valence-electron chi connectivity index (χ0n) is 12.4. The van der Waals surface area contributed by atoms with E-state index in [9.17, 15) is 4.79 Å². The predicted molar refractivity (Wildman–Crippen MR) is 93.5 cm³/mol. The highest BCUT2D eigenvalue weighted by Gasteiger charge is 2.21. The Morgan fingerprint density at radius 1 is 1.41 bits per heavy atom. The first-order valence-electron chi connectivity index (χ1n) is 7.43. The van der Waals surface area contributed by atoms with Crippen LogP contribution in [0, 0.1) is 0 Å². The number of nitrogens with one attached hydrogen (secondary N) is 1. The van der Waals surface area contributed by atoms with Crippen molar-refractivity contribution in [2.75, 3.05) is 18.4 Å². The van der Waals surface area contributed by atoms with Gasteiger partial charge in [0.15, 0.2) is 5.13 Å². The Morgan fingerprint density at radius 2 is 2.18 bits per heavy atom. The van der Waals surface area contributed by atoms with Crippen LogP contribution in [0.2, 0.25) is 0 Å². The third-order valence-electron chi connectivity index (χ3n) is 3.68. The fourth-order valence-electron chi connectivity index (χ4n) is 2.58. The normalized spacial score (nSPS) is 14.6. The van der Waals surface area contributed by atoms with Crippen LogP contribution in [0.15, 0.2) is 28.7 Å². The summed E-state index contributed by atoms with van der Waals surface area (Å²) in [6.45, 7) is 5.34. The number of carbonyl (C=O) groups is 1. The third-order valence-corrected chi connectivity index (χ3v) is 5.20. The van der Waals surface area contributed by atoms with Crippen molar-refractivity contribution in [3.05, 3.63) is 44.9 Å². The van der Waals surface area contributed by atoms with E-state index in [0.29, 0.717) is 10.7 Å². The number of nitrogens with zero attached hydrogens (tertiary/aromatic N) is 2. The van der Waals surface area contributed by atoms with E-state index in [1.807, 2.05) is 12.1 Å². The number of hydrogen-bond donors (Lipinski definition) is 1. The lowest BCUT2D eigenvalue weighted by Gasteiger charge is -2.24. The van der Waals surface area contributed by atoms with Crippen LogP contribution < -0.4 is 5.32 Å². The van der Waals surface area contributed by atoms with Crippen molar-refractivity contribution in [1.82, 2.24) is 9.88 Å². The SMILES string of the molecule is CCCN1CCc2nc(NC(=O)c3ccc(Br)cc3)sc2C1. The van der Waals surface area contributed by atoms with Gasteiger partial charge in [0.2, 0.25) is 0 Å². The number of thiazole rings is 1. The van der Waals surface area contributed by atoms with E-state index in [4.69, 9.17) is 0 Å². The zero-order valence-corrected chi connectivity index (χ0v) is 14.8. The summed E-state index contributed by atoms with van der Waals surface area (Å²) < 4.78 is 0.963. The Balaban J connectivity index is 1.69. The van der Waals surface area contributed by atoms with Crippen LogP contribution in [0.25, 0.3) is 0 Å². The number of anilines is 1. The van der Waals surface area contributed by atoms with E-state index >= 15 is 0 Å². The monoisotopic (exact) mass is 379 g/mol. The molecule has 1 N–H and O–H groups in total. The fraction of sp³-hybridized carbons (Fsp3) is 0.375. The highest BCUT2D eigenvalue weighted by atomic mass is 79.9. The third kappa shape index (κ3) is 3.56. The average molecular weight is 380 g/mol. The minimum Gasteiger partial charge on any atom is -0.298 e. The maximum atomic E-state index is 12.2. The standard InChI is InChI=1S/C16H18BrN3OS/c1-2-8-20-9-7-13-14(10-20)22-16(18-13)19-15(21)11-3-5-12(17)6-4-11/h3-6H,2,7-10H2,1H3,(H,18,19,21). The number of aromatic nitrogens is 1. The smallest absolute Gasteiger partial charge is 0.257 e. The Bertz CT molecular complexity index is 669. The molecule has 6 heteroatoms. The number of carbonyl (C=O) groups excluding carboxylic acids is 1. The van der Waals surface area contributed by atoms with E-state index in [1.54, 1.807) is 23.5 Å². The first kappa shape index (κ1) is 15.6. The predicted octanol–water partition coefficient (Wildman–Crippen LogP) is 3.93. The van der Waals surface area contributed by atoms with Crippen LogP contribution in [0.4, 0.5) is 5.13 Å². The maximum absolute atomic E-state index is 12.2. The molecule has 1 amide bonds. The molecule has 1 aromatic heterocycles. The Morgan fingerprint density at radius 3 is 2.91 bits per heavy atom. The van der Waals surface area contributed by atoms with Crippen molar-refractivity contribution in [2.45, 2.75) is 26.3 Å². The molecule has 0 bridgehead atoms. The molecular weight excluding hydrogens is 362 g/mol. The van der Waals surface area contributed by atoms with Crippen molar-refractivity contribution in [3.8, 4) is 0 Å². The second-order valence-electron chi connectivity index (χ2n) is 5.38. The number of rotatable bonds is 4. The molecule has 2 heterocycles. The van der Waals surface area contributed by atoms with Gasteiger partial charge in [-0.05, 0) is 37.2 Å². The zero-order chi connectivity index (χ0) is 15.5. The van der Waals surface area contributed by atoms with Gasteiger partial charge in [-0.15, -0.1) is 11.3 Å². The molecule has 0 fully saturated rings. The summed E-state index contributed by atoms with van der Waals surface area (Å²) in [6.07, 6.45) is 2.14. The van der Waals surface area contributed by atoms with Crippen molar-refractivity contribution in [1.29, 1.82) is 0 Å². The number of benzene rings is 1. The molecule has 116 valence electrons. The summed E-state index contributed by atoms with van der Waals surface area (Å²) in [5.41, 5.74) is 1.78. The molecule has 0 atom stereocenters. The Kier molecular flexibility index (Phi) is 4.90. The summed E-state index contributed by atoms with van der Waals surface area (Å²) in [7, 11) is 0. The van der Waals surface area contributed by atoms with Crippen molar-refractivity contribution < 1.29 is 4.79 Å². The van der Waals surface area contributed by atoms with Gasteiger partial charge in [0.25, 0.3) is 5.91 Å². The number of halogens is 1. The summed E-state index contributed by atoms with van der Waals surface area (Å²) in [5.74, 6) is -0.107. The van der Waals surface area contributed by atoms with Gasteiger partial charge in [-0.2, -0.15) is 0 Å². The topological polar surface area (TPSA) is 45.2 Å². The van der Waals surface area contributed by atoms with Gasteiger partial charge < -0.3 is 0 Å². The van der Waals surface area contributed by atoms with Crippen molar-refractivity contribution >= 4 is 38.3 Å². The number of hydrogen-bond acceptors (Lipinski definition) is 4. The van der Waals surface area contributed by atoms with E-state index in [1.165, 1.54) is 11.3 Å². The lowest BCUT2D eigenvalue weighted by molar-refractivity contribution is 0.102. The molecule has 0 aliphatic carbocycles. The van der Waals surface area contributed by atoms with Gasteiger partial charge in [-0.1, -0.05) is 22.9 Å². The van der Waals surface area contributed by atoms with Crippen LogP contribution in [-0.4, -0.2) is 28.9 Å². The molecule has 0 saturated heterocycles. The Hall–Kier alpha value is -1.24. The lowest BCUT2D eigenvalue weighted by atomic mass is 10.2. The minimum atomic E-state index is -0.107. The Labute approximate surface area is 142 Å². The summed E-state index contributed by atoms with van der Waals surface area (Å²) in [5, 5.41) is 3.62. The van der Waals surface area contributed by atoms with Gasteiger partial charge in [-0.3, -0.25) is 15.0 Å². The van der Waals surface area contributed by atoms with Crippen LogP contribution in [0.5, 0.6) is 0 Å². The first-order chi connectivity index (χ1) is 10.7. The van der Waals surface area contributed by atoms with Crippen LogP contribution in [-0.2, 0) is 13.0 Å². The second kappa shape index (κ2) is 6.89. The summed E-state index contributed by atoms with van der Waals surface area (Å²) in [4.78, 5) is 20.5. The van der Waals surface area contributed by atoms with Crippen LogP contribution in [0.3, 0.4) is 0 Å². The van der Waals surface area contributed by atoms with E-state index in [0.717, 1.165) is 36.2 Å². The van der Waals surface area contributed by atoms with Gasteiger partial charge in [0.05, 0.1) is 5.69 Å². The molecule has 1 aliphatic rings. The van der Waals surface area contributed by atoms with E-state index in [2.05, 4.69) is 38.1 Å². The van der Waals surface area contributed by atoms with Crippen molar-refractivity contribution in [2.24, 2.45) is 0 Å². The average Bonchev–Trinajstić information content (AvgIpc) is 2.89. The van der Waals surface area contributed by atoms with Crippen LogP contribution in [0.1, 0.15) is 34.3 Å². The molecule has 4 nitrogen and oxygen atoms in total. The molecule has 0 unspecified atom stereocenters. The fourth-order valence-corrected chi connectivity index (χ4v) is 3.89.